The Morgan fingerprint density at radius 3 is 2.11 bits per heavy atom. The van der Waals surface area contributed by atoms with E-state index >= 15 is 0 Å². The summed E-state index contributed by atoms with van der Waals surface area (Å²) in [6.07, 6.45) is 0. The first-order chi connectivity index (χ1) is 8.10. The largest absolute Gasteiger partial charge is 0.399 e. The molecule has 5 heteroatoms. The molecule has 0 aromatic heterocycles. The van der Waals surface area contributed by atoms with Gasteiger partial charge in [-0.25, -0.2) is 12.7 Å². The van der Waals surface area contributed by atoms with E-state index in [4.69, 9.17) is 5.73 Å². The number of hydrogen-bond acceptors (Lipinski definition) is 3. The van der Waals surface area contributed by atoms with Crippen molar-refractivity contribution in [3.8, 4) is 0 Å². The van der Waals surface area contributed by atoms with Gasteiger partial charge in [-0.15, -0.1) is 0 Å². The lowest BCUT2D eigenvalue weighted by molar-refractivity contribution is 0.420. The quantitative estimate of drug-likeness (QED) is 0.852. The van der Waals surface area contributed by atoms with E-state index in [1.54, 1.807) is 19.2 Å². The molecule has 0 aliphatic carbocycles. The van der Waals surface area contributed by atoms with Crippen LogP contribution in [-0.2, 0) is 16.6 Å². The molecule has 0 saturated heterocycles. The fourth-order valence-corrected chi connectivity index (χ4v) is 3.30. The van der Waals surface area contributed by atoms with Crippen molar-refractivity contribution in [3.63, 3.8) is 0 Å². The van der Waals surface area contributed by atoms with E-state index in [0.717, 1.165) is 5.56 Å². The Labute approximate surface area is 110 Å². The van der Waals surface area contributed by atoms with Crippen molar-refractivity contribution in [1.82, 2.24) is 4.31 Å². The summed E-state index contributed by atoms with van der Waals surface area (Å²) in [4.78, 5) is 0. The summed E-state index contributed by atoms with van der Waals surface area (Å²) in [5.74, 6) is 0.144. The van der Waals surface area contributed by atoms with Crippen LogP contribution in [0.4, 0.5) is 5.69 Å². The van der Waals surface area contributed by atoms with Crippen molar-refractivity contribution in [2.75, 3.05) is 18.5 Å². The summed E-state index contributed by atoms with van der Waals surface area (Å²) in [6.45, 7) is 6.13. The van der Waals surface area contributed by atoms with Gasteiger partial charge in [-0.3, -0.25) is 0 Å². The average Bonchev–Trinajstić information content (AvgIpc) is 2.17. The summed E-state index contributed by atoms with van der Waals surface area (Å²) in [5.41, 5.74) is 6.97. The normalized spacial score (nSPS) is 12.9. The highest BCUT2D eigenvalue weighted by atomic mass is 32.2. The predicted octanol–water partition coefficient (Wildman–Crippen LogP) is 2.08. The van der Waals surface area contributed by atoms with E-state index in [1.807, 2.05) is 32.9 Å². The first kappa shape index (κ1) is 15.0. The van der Waals surface area contributed by atoms with Crippen LogP contribution in [0.1, 0.15) is 26.3 Å². The zero-order chi connectivity index (χ0) is 14.0. The lowest BCUT2D eigenvalue weighted by Gasteiger charge is -2.23. The number of nitrogen functional groups attached to an aromatic ring is 1. The lowest BCUT2D eigenvalue weighted by Crippen LogP contribution is -2.33. The van der Waals surface area contributed by atoms with Crippen molar-refractivity contribution in [1.29, 1.82) is 0 Å². The number of sulfonamides is 1. The van der Waals surface area contributed by atoms with E-state index < -0.39 is 10.0 Å². The summed E-state index contributed by atoms with van der Waals surface area (Å²) in [7, 11) is -1.62. The molecule has 0 radical (unpaired) electrons. The number of benzene rings is 1. The molecule has 0 heterocycles. The second-order valence-electron chi connectivity index (χ2n) is 5.81. The number of nitrogens with two attached hydrogens (primary N) is 1. The number of nitrogens with zero attached hydrogens (tertiary/aromatic N) is 1. The predicted molar refractivity (Wildman–Crippen MR) is 75.6 cm³/mol. The average molecular weight is 270 g/mol. The Morgan fingerprint density at radius 2 is 1.67 bits per heavy atom. The highest BCUT2D eigenvalue weighted by Gasteiger charge is 2.25. The molecule has 0 atom stereocenters. The van der Waals surface area contributed by atoms with Crippen LogP contribution in [0.2, 0.25) is 0 Å². The standard InChI is InChI=1S/C13H22N2O2S/c1-13(2,3)10-18(16,17)15(4)9-11-5-7-12(14)8-6-11/h5-8H,9-10,14H2,1-4H3. The minimum atomic E-state index is -3.22. The third kappa shape index (κ3) is 4.66. The second-order valence-corrected chi connectivity index (χ2v) is 7.89. The van der Waals surface area contributed by atoms with Crippen molar-refractivity contribution < 1.29 is 8.42 Å². The number of anilines is 1. The van der Waals surface area contributed by atoms with E-state index in [1.165, 1.54) is 4.31 Å². The molecule has 0 fully saturated rings. The van der Waals surface area contributed by atoms with Gasteiger partial charge in [0, 0.05) is 19.3 Å². The minimum Gasteiger partial charge on any atom is -0.399 e. The highest BCUT2D eigenvalue weighted by Crippen LogP contribution is 2.19. The van der Waals surface area contributed by atoms with Gasteiger partial charge in [0.05, 0.1) is 5.75 Å². The third-order valence-electron chi connectivity index (χ3n) is 2.48. The Hall–Kier alpha value is -1.07. The Balaban J connectivity index is 2.76. The van der Waals surface area contributed by atoms with Gasteiger partial charge in [-0.2, -0.15) is 0 Å². The summed E-state index contributed by atoms with van der Waals surface area (Å²) in [5, 5.41) is 0. The van der Waals surface area contributed by atoms with Gasteiger partial charge in [0.25, 0.3) is 0 Å². The molecule has 0 spiro atoms. The fraction of sp³-hybridized carbons (Fsp3) is 0.538. The highest BCUT2D eigenvalue weighted by molar-refractivity contribution is 7.89. The molecule has 2 N–H and O–H groups in total. The van der Waals surface area contributed by atoms with Crippen LogP contribution in [0, 0.1) is 5.41 Å². The molecule has 0 saturated carbocycles. The van der Waals surface area contributed by atoms with E-state index in [-0.39, 0.29) is 11.2 Å². The molecule has 0 bridgehead atoms. The van der Waals surface area contributed by atoms with Crippen molar-refractivity contribution >= 4 is 15.7 Å². The maximum Gasteiger partial charge on any atom is 0.214 e. The van der Waals surface area contributed by atoms with Crippen LogP contribution in [0.25, 0.3) is 0 Å². The van der Waals surface area contributed by atoms with Gasteiger partial charge in [-0.05, 0) is 23.1 Å². The van der Waals surface area contributed by atoms with E-state index in [9.17, 15) is 8.42 Å². The topological polar surface area (TPSA) is 63.4 Å². The van der Waals surface area contributed by atoms with Gasteiger partial charge in [0.2, 0.25) is 10.0 Å². The van der Waals surface area contributed by atoms with Gasteiger partial charge >= 0.3 is 0 Å². The second kappa shape index (κ2) is 5.28. The smallest absolute Gasteiger partial charge is 0.214 e. The van der Waals surface area contributed by atoms with Gasteiger partial charge in [0.15, 0.2) is 0 Å². The van der Waals surface area contributed by atoms with E-state index in [2.05, 4.69) is 0 Å². The maximum absolute atomic E-state index is 12.1. The maximum atomic E-state index is 12.1. The van der Waals surface area contributed by atoms with Crippen LogP contribution in [0.15, 0.2) is 24.3 Å². The van der Waals surface area contributed by atoms with Crippen LogP contribution in [0.5, 0.6) is 0 Å². The molecule has 0 aliphatic rings. The third-order valence-corrected chi connectivity index (χ3v) is 4.78. The Morgan fingerprint density at radius 1 is 1.17 bits per heavy atom. The SMILES string of the molecule is CN(Cc1ccc(N)cc1)S(=O)(=O)CC(C)(C)C. The first-order valence-corrected chi connectivity index (χ1v) is 7.49. The van der Waals surface area contributed by atoms with Gasteiger partial charge < -0.3 is 5.73 Å². The molecule has 4 nitrogen and oxygen atoms in total. The minimum absolute atomic E-state index is 0.144. The lowest BCUT2D eigenvalue weighted by atomic mass is 10.0. The van der Waals surface area contributed by atoms with E-state index in [0.29, 0.717) is 12.2 Å². The zero-order valence-corrected chi connectivity index (χ0v) is 12.3. The zero-order valence-electron chi connectivity index (χ0n) is 11.5. The summed E-state index contributed by atoms with van der Waals surface area (Å²) < 4.78 is 25.6. The van der Waals surface area contributed by atoms with Crippen LogP contribution in [0.3, 0.4) is 0 Å². The molecule has 1 aromatic rings. The molecule has 0 unspecified atom stereocenters. The molecular weight excluding hydrogens is 248 g/mol. The molecule has 18 heavy (non-hydrogen) atoms. The fourth-order valence-electron chi connectivity index (χ4n) is 1.64. The summed E-state index contributed by atoms with van der Waals surface area (Å²) >= 11 is 0. The van der Waals surface area contributed by atoms with Crippen LogP contribution in [-0.4, -0.2) is 25.5 Å². The van der Waals surface area contributed by atoms with Crippen LogP contribution < -0.4 is 5.73 Å². The first-order valence-electron chi connectivity index (χ1n) is 5.89. The molecule has 1 aromatic carbocycles. The van der Waals surface area contributed by atoms with Gasteiger partial charge in [0.1, 0.15) is 0 Å². The molecule has 102 valence electrons. The van der Waals surface area contributed by atoms with Gasteiger partial charge in [-0.1, -0.05) is 32.9 Å². The molecule has 0 aliphatic heterocycles. The van der Waals surface area contributed by atoms with Crippen LogP contribution >= 0.6 is 0 Å². The number of hydrogen-bond donors (Lipinski definition) is 1. The molecular formula is C13H22N2O2S. The Kier molecular flexibility index (Phi) is 4.40. The Bertz CT molecular complexity index is 487. The molecule has 0 amide bonds. The van der Waals surface area contributed by atoms with Crippen molar-refractivity contribution in [2.45, 2.75) is 27.3 Å². The monoisotopic (exact) mass is 270 g/mol. The summed E-state index contributed by atoms with van der Waals surface area (Å²) in [6, 6.07) is 7.25. The molecule has 1 rings (SSSR count). The van der Waals surface area contributed by atoms with Crippen molar-refractivity contribution in [2.24, 2.45) is 5.41 Å². The van der Waals surface area contributed by atoms with Crippen molar-refractivity contribution in [3.05, 3.63) is 29.8 Å². The number of rotatable bonds is 4.